The Kier molecular flexibility index (Phi) is 8.82. The highest BCUT2D eigenvalue weighted by Crippen LogP contribution is 2.30. The zero-order valence-electron chi connectivity index (χ0n) is 19.5. The first kappa shape index (κ1) is 27.3. The number of carbonyl (C=O) groups is 1. The molecule has 1 aromatic carbocycles. The predicted molar refractivity (Wildman–Crippen MR) is 125 cm³/mol. The molecule has 1 unspecified atom stereocenters. The summed E-state index contributed by atoms with van der Waals surface area (Å²) in [4.78, 5) is 40.9. The number of benzene rings is 1. The fraction of sp³-hybridized carbons (Fsp3) is 0.381. The first-order valence-corrected chi connectivity index (χ1v) is 12.5. The van der Waals surface area contributed by atoms with Gasteiger partial charge in [-0.3, -0.25) is 9.88 Å². The van der Waals surface area contributed by atoms with Crippen LogP contribution in [0.5, 0.6) is 0 Å². The summed E-state index contributed by atoms with van der Waals surface area (Å²) in [5, 5.41) is 22.1. The molecule has 36 heavy (non-hydrogen) atoms. The number of aromatic nitrogens is 5. The van der Waals surface area contributed by atoms with E-state index in [1.54, 1.807) is 37.4 Å². The smallest absolute Gasteiger partial charge is 0.441 e. The number of halogens is 1. The lowest BCUT2D eigenvalue weighted by Crippen LogP contribution is -2.30. The number of hydrogen-bond acceptors (Lipinski definition) is 8. The maximum Gasteiger partial charge on any atom is 0.466 e. The van der Waals surface area contributed by atoms with Gasteiger partial charge in [-0.1, -0.05) is 19.9 Å². The van der Waals surface area contributed by atoms with Crippen LogP contribution in [0.2, 0.25) is 0 Å². The molecule has 2 aromatic heterocycles. The van der Waals surface area contributed by atoms with Crippen molar-refractivity contribution in [2.45, 2.75) is 45.4 Å². The van der Waals surface area contributed by atoms with E-state index in [0.717, 1.165) is 6.42 Å². The summed E-state index contributed by atoms with van der Waals surface area (Å²) in [5.74, 6) is -0.0847. The van der Waals surface area contributed by atoms with Gasteiger partial charge in [-0.25, -0.2) is 13.8 Å². The quantitative estimate of drug-likeness (QED) is 0.332. The lowest BCUT2D eigenvalue weighted by molar-refractivity contribution is 0.0308. The number of aryl methyl sites for hydroxylation is 1. The van der Waals surface area contributed by atoms with Crippen molar-refractivity contribution in [1.29, 1.82) is 0 Å². The molecule has 1 saturated heterocycles. The van der Waals surface area contributed by atoms with Gasteiger partial charge in [0.05, 0.1) is 24.9 Å². The normalized spacial score (nSPS) is 16.4. The molecule has 13 nitrogen and oxygen atoms in total. The van der Waals surface area contributed by atoms with Gasteiger partial charge >= 0.3 is 13.9 Å². The Morgan fingerprint density at radius 2 is 1.94 bits per heavy atom. The minimum atomic E-state index is -4.64. The molecule has 15 heteroatoms. The molecule has 4 rings (SSSR count). The Morgan fingerprint density at radius 3 is 2.53 bits per heavy atom. The van der Waals surface area contributed by atoms with E-state index in [2.05, 4.69) is 20.4 Å². The van der Waals surface area contributed by atoms with E-state index in [9.17, 15) is 14.3 Å². The highest BCUT2D eigenvalue weighted by atomic mass is 31.2. The zero-order valence-corrected chi connectivity index (χ0v) is 20.4. The van der Waals surface area contributed by atoms with Gasteiger partial charge in [-0.15, -0.1) is 10.2 Å². The van der Waals surface area contributed by atoms with Crippen molar-refractivity contribution in [3.05, 3.63) is 42.3 Å². The molecule has 2 atom stereocenters. The number of anilines is 1. The SMILES string of the molecule is CCCn1nnc(-c2ccc(-c3ccc(N4C[C@@H](C(O)CC)OC4=O)cc3F)cn2)n1.O=P(O)(O)O. The van der Waals surface area contributed by atoms with Crippen LogP contribution >= 0.6 is 7.82 Å². The van der Waals surface area contributed by atoms with Crippen LogP contribution in [0.15, 0.2) is 36.5 Å². The van der Waals surface area contributed by atoms with Crippen molar-refractivity contribution in [1.82, 2.24) is 25.2 Å². The largest absolute Gasteiger partial charge is 0.466 e. The van der Waals surface area contributed by atoms with Crippen molar-refractivity contribution in [2.24, 2.45) is 0 Å². The van der Waals surface area contributed by atoms with Gasteiger partial charge in [-0.2, -0.15) is 4.80 Å². The number of hydrogen-bond donors (Lipinski definition) is 4. The van der Waals surface area contributed by atoms with Gasteiger partial charge in [0.25, 0.3) is 0 Å². The van der Waals surface area contributed by atoms with E-state index in [-0.39, 0.29) is 6.54 Å². The molecule has 1 fully saturated rings. The molecule has 1 amide bonds. The number of aliphatic hydroxyl groups is 1. The average molecular weight is 524 g/mol. The summed E-state index contributed by atoms with van der Waals surface area (Å²) in [7, 11) is -4.64. The second kappa shape index (κ2) is 11.6. The summed E-state index contributed by atoms with van der Waals surface area (Å²) in [6.07, 6.45) is 0.936. The molecule has 0 saturated carbocycles. The fourth-order valence-electron chi connectivity index (χ4n) is 3.39. The molecule has 0 spiro atoms. The van der Waals surface area contributed by atoms with Crippen LogP contribution in [0, 0.1) is 5.82 Å². The number of cyclic esters (lactones) is 1. The maximum atomic E-state index is 14.9. The van der Waals surface area contributed by atoms with Crippen molar-refractivity contribution >= 4 is 19.6 Å². The third-order valence-electron chi connectivity index (χ3n) is 5.13. The van der Waals surface area contributed by atoms with Crippen molar-refractivity contribution < 1.29 is 38.3 Å². The second-order valence-electron chi connectivity index (χ2n) is 7.83. The summed E-state index contributed by atoms with van der Waals surface area (Å²) in [6, 6.07) is 7.96. The zero-order chi connectivity index (χ0) is 26.5. The molecule has 3 aromatic rings. The van der Waals surface area contributed by atoms with Crippen molar-refractivity contribution in [2.75, 3.05) is 11.4 Å². The third-order valence-corrected chi connectivity index (χ3v) is 5.13. The third kappa shape index (κ3) is 7.12. The van der Waals surface area contributed by atoms with Gasteiger partial charge in [0, 0.05) is 17.3 Å². The second-order valence-corrected chi connectivity index (χ2v) is 8.85. The average Bonchev–Trinajstić information content (AvgIpc) is 3.45. The Morgan fingerprint density at radius 1 is 1.22 bits per heavy atom. The van der Waals surface area contributed by atoms with Gasteiger partial charge < -0.3 is 24.5 Å². The number of amides is 1. The van der Waals surface area contributed by atoms with Gasteiger partial charge in [0.1, 0.15) is 17.6 Å². The van der Waals surface area contributed by atoms with E-state index in [0.29, 0.717) is 41.3 Å². The first-order valence-electron chi connectivity index (χ1n) is 11.0. The van der Waals surface area contributed by atoms with Crippen LogP contribution in [0.3, 0.4) is 0 Å². The number of nitrogens with zero attached hydrogens (tertiary/aromatic N) is 6. The van der Waals surface area contributed by atoms with Crippen molar-refractivity contribution in [3.8, 4) is 22.6 Å². The van der Waals surface area contributed by atoms with Crippen LogP contribution in [-0.2, 0) is 15.8 Å². The molecule has 1 aliphatic heterocycles. The van der Waals surface area contributed by atoms with Crippen LogP contribution in [0.4, 0.5) is 14.9 Å². The lowest BCUT2D eigenvalue weighted by Gasteiger charge is -2.16. The molecule has 0 bridgehead atoms. The van der Waals surface area contributed by atoms with Crippen LogP contribution in [0.1, 0.15) is 26.7 Å². The molecule has 0 radical (unpaired) electrons. The summed E-state index contributed by atoms with van der Waals surface area (Å²) < 4.78 is 28.9. The summed E-state index contributed by atoms with van der Waals surface area (Å²) in [5.41, 5.74) is 1.85. The number of ether oxygens (including phenoxy) is 1. The number of aliphatic hydroxyl groups excluding tert-OH is 1. The number of carbonyl (C=O) groups excluding carboxylic acids is 1. The van der Waals surface area contributed by atoms with Crippen LogP contribution < -0.4 is 4.90 Å². The van der Waals surface area contributed by atoms with E-state index in [4.69, 9.17) is 24.0 Å². The van der Waals surface area contributed by atoms with Gasteiger partial charge in [0.15, 0.2) is 0 Å². The Hall–Kier alpha value is -3.29. The Bertz CT molecular complexity index is 1230. The highest BCUT2D eigenvalue weighted by Gasteiger charge is 2.36. The number of pyridine rings is 1. The number of phosphoric acid groups is 1. The summed E-state index contributed by atoms with van der Waals surface area (Å²) >= 11 is 0. The molecule has 1 aliphatic rings. The van der Waals surface area contributed by atoms with Crippen LogP contribution in [-0.4, -0.2) is 69.8 Å². The molecule has 194 valence electrons. The first-order chi connectivity index (χ1) is 17.0. The minimum Gasteiger partial charge on any atom is -0.441 e. The Balaban J connectivity index is 0.000000658. The topological polar surface area (TPSA) is 184 Å². The summed E-state index contributed by atoms with van der Waals surface area (Å²) in [6.45, 7) is 4.67. The van der Waals surface area contributed by atoms with E-state index in [1.807, 2.05) is 6.92 Å². The fourth-order valence-corrected chi connectivity index (χ4v) is 3.39. The van der Waals surface area contributed by atoms with E-state index < -0.39 is 31.9 Å². The lowest BCUT2D eigenvalue weighted by atomic mass is 10.1. The molecule has 3 heterocycles. The predicted octanol–water partition coefficient (Wildman–Crippen LogP) is 2.12. The van der Waals surface area contributed by atoms with Crippen molar-refractivity contribution in [3.63, 3.8) is 0 Å². The Labute approximate surface area is 205 Å². The highest BCUT2D eigenvalue weighted by molar-refractivity contribution is 7.45. The number of rotatable bonds is 7. The molecule has 4 N–H and O–H groups in total. The molecular weight excluding hydrogens is 498 g/mol. The molecule has 0 aliphatic carbocycles. The van der Waals surface area contributed by atoms with Crippen LogP contribution in [0.25, 0.3) is 22.6 Å². The van der Waals surface area contributed by atoms with Gasteiger partial charge in [0.2, 0.25) is 5.82 Å². The maximum absolute atomic E-state index is 14.9. The molecular formula is C21H26FN6O7P. The van der Waals surface area contributed by atoms with Gasteiger partial charge in [-0.05, 0) is 42.3 Å². The number of tetrazole rings is 1. The minimum absolute atomic E-state index is 0.175. The van der Waals surface area contributed by atoms with E-state index >= 15 is 0 Å². The standard InChI is InChI=1S/C21H23FN6O3.H3O4P/c1-3-9-28-25-20(24-26-28)17-8-5-13(11-23-17)15-7-6-14(10-16(15)22)27-12-19(18(29)4-2)31-21(27)30;1-5(2,3)4/h5-8,10-11,18-19,29H,3-4,9,12H2,1-2H3;(H3,1,2,3,4)/t18?,19-;/m0./s1. The van der Waals surface area contributed by atoms with E-state index in [1.165, 1.54) is 15.8 Å². The monoisotopic (exact) mass is 524 g/mol.